The first-order valence-electron chi connectivity index (χ1n) is 5.80. The molecule has 18 heavy (non-hydrogen) atoms. The lowest BCUT2D eigenvalue weighted by Crippen LogP contribution is -2.06. The lowest BCUT2D eigenvalue weighted by molar-refractivity contribution is -0.136. The van der Waals surface area contributed by atoms with E-state index in [9.17, 15) is 4.79 Å². The van der Waals surface area contributed by atoms with Crippen LogP contribution in [0.1, 0.15) is 11.1 Å². The summed E-state index contributed by atoms with van der Waals surface area (Å²) >= 11 is 0. The topological polar surface area (TPSA) is 46.5 Å². The number of ether oxygens (including phenoxy) is 1. The van der Waals surface area contributed by atoms with Crippen LogP contribution in [-0.4, -0.2) is 11.1 Å². The summed E-state index contributed by atoms with van der Waals surface area (Å²) in [7, 11) is 0. The van der Waals surface area contributed by atoms with Gasteiger partial charge in [-0.25, -0.2) is 0 Å². The minimum absolute atomic E-state index is 0.0261. The number of benzene rings is 2. The molecule has 1 aliphatic rings. The van der Waals surface area contributed by atoms with Gasteiger partial charge in [0.2, 0.25) is 0 Å². The van der Waals surface area contributed by atoms with Crippen molar-refractivity contribution in [3.8, 4) is 16.9 Å². The summed E-state index contributed by atoms with van der Waals surface area (Å²) in [5, 5.41) is 8.79. The van der Waals surface area contributed by atoms with Crippen molar-refractivity contribution in [3.05, 3.63) is 53.6 Å². The number of carboxylic acid groups (broad SMARTS) is 1. The highest BCUT2D eigenvalue weighted by Gasteiger charge is 2.17. The lowest BCUT2D eigenvalue weighted by Gasteiger charge is -2.21. The molecule has 2 aromatic rings. The summed E-state index contributed by atoms with van der Waals surface area (Å²) < 4.78 is 5.68. The van der Waals surface area contributed by atoms with E-state index in [2.05, 4.69) is 6.07 Å². The summed E-state index contributed by atoms with van der Waals surface area (Å²) in [6.45, 7) is 0.541. The zero-order valence-corrected chi connectivity index (χ0v) is 9.72. The van der Waals surface area contributed by atoms with Gasteiger partial charge in [0.15, 0.2) is 0 Å². The average Bonchev–Trinajstić information content (AvgIpc) is 2.37. The Hall–Kier alpha value is -2.29. The van der Waals surface area contributed by atoms with Crippen LogP contribution in [-0.2, 0) is 17.8 Å². The Morgan fingerprint density at radius 2 is 2.00 bits per heavy atom. The maximum atomic E-state index is 10.7. The van der Waals surface area contributed by atoms with Gasteiger partial charge in [-0.05, 0) is 22.8 Å². The SMILES string of the molecule is O=C(O)Cc1ccc2c(c1)OCc1ccccc1-2. The first-order chi connectivity index (χ1) is 8.74. The second-order valence-electron chi connectivity index (χ2n) is 4.35. The molecule has 0 radical (unpaired) electrons. The Labute approximate surface area is 105 Å². The van der Waals surface area contributed by atoms with Crippen LogP contribution < -0.4 is 4.74 Å². The van der Waals surface area contributed by atoms with Crippen molar-refractivity contribution in [2.45, 2.75) is 13.0 Å². The highest BCUT2D eigenvalue weighted by molar-refractivity contribution is 5.77. The lowest BCUT2D eigenvalue weighted by atomic mass is 9.95. The highest BCUT2D eigenvalue weighted by atomic mass is 16.5. The molecule has 0 saturated carbocycles. The quantitative estimate of drug-likeness (QED) is 0.878. The largest absolute Gasteiger partial charge is 0.488 e. The van der Waals surface area contributed by atoms with Crippen LogP contribution in [0, 0.1) is 0 Å². The van der Waals surface area contributed by atoms with Crippen molar-refractivity contribution in [3.63, 3.8) is 0 Å². The predicted octanol–water partition coefficient (Wildman–Crippen LogP) is 2.87. The molecular formula is C15H12O3. The van der Waals surface area contributed by atoms with E-state index < -0.39 is 5.97 Å². The van der Waals surface area contributed by atoms with E-state index in [1.54, 1.807) is 0 Å². The minimum Gasteiger partial charge on any atom is -0.488 e. The van der Waals surface area contributed by atoms with Gasteiger partial charge in [-0.1, -0.05) is 36.4 Å². The van der Waals surface area contributed by atoms with Crippen LogP contribution >= 0.6 is 0 Å². The van der Waals surface area contributed by atoms with Crippen LogP contribution in [0.2, 0.25) is 0 Å². The number of fused-ring (bicyclic) bond motifs is 3. The second kappa shape index (κ2) is 4.18. The van der Waals surface area contributed by atoms with Crippen molar-refractivity contribution >= 4 is 5.97 Å². The van der Waals surface area contributed by atoms with Crippen LogP contribution in [0.4, 0.5) is 0 Å². The molecule has 0 amide bonds. The monoisotopic (exact) mass is 240 g/mol. The summed E-state index contributed by atoms with van der Waals surface area (Å²) in [4.78, 5) is 10.7. The van der Waals surface area contributed by atoms with Crippen LogP contribution in [0.15, 0.2) is 42.5 Å². The van der Waals surface area contributed by atoms with E-state index in [1.165, 1.54) is 5.56 Å². The second-order valence-corrected chi connectivity index (χ2v) is 4.35. The molecule has 0 saturated heterocycles. The Bertz CT molecular complexity index is 617. The first kappa shape index (κ1) is 10.8. The zero-order chi connectivity index (χ0) is 12.5. The molecule has 2 aromatic carbocycles. The van der Waals surface area contributed by atoms with Crippen LogP contribution in [0.3, 0.4) is 0 Å². The molecule has 0 fully saturated rings. The maximum Gasteiger partial charge on any atom is 0.307 e. The Kier molecular flexibility index (Phi) is 2.52. The number of carbonyl (C=O) groups is 1. The summed E-state index contributed by atoms with van der Waals surface area (Å²) in [5.41, 5.74) is 4.13. The standard InChI is InChI=1S/C15H12O3/c16-15(17)8-10-5-6-13-12-4-2-1-3-11(12)9-18-14(13)7-10/h1-7H,8-9H2,(H,16,17). The average molecular weight is 240 g/mol. The number of rotatable bonds is 2. The number of hydrogen-bond donors (Lipinski definition) is 1. The van der Waals surface area contributed by atoms with Gasteiger partial charge in [-0.15, -0.1) is 0 Å². The normalized spacial score (nSPS) is 12.2. The van der Waals surface area contributed by atoms with Gasteiger partial charge in [0.1, 0.15) is 12.4 Å². The van der Waals surface area contributed by atoms with Gasteiger partial charge in [-0.2, -0.15) is 0 Å². The molecule has 3 rings (SSSR count). The summed E-state index contributed by atoms with van der Waals surface area (Å²) in [6.07, 6.45) is 0.0261. The van der Waals surface area contributed by atoms with Crippen molar-refractivity contribution in [2.24, 2.45) is 0 Å². The number of hydrogen-bond acceptors (Lipinski definition) is 2. The van der Waals surface area contributed by atoms with Gasteiger partial charge in [-0.3, -0.25) is 4.79 Å². The van der Waals surface area contributed by atoms with E-state index in [-0.39, 0.29) is 6.42 Å². The molecule has 0 aromatic heterocycles. The van der Waals surface area contributed by atoms with Crippen molar-refractivity contribution in [2.75, 3.05) is 0 Å². The molecular weight excluding hydrogens is 228 g/mol. The fraction of sp³-hybridized carbons (Fsp3) is 0.133. The predicted molar refractivity (Wildman–Crippen MR) is 67.5 cm³/mol. The molecule has 0 aliphatic carbocycles. The molecule has 1 heterocycles. The highest BCUT2D eigenvalue weighted by Crippen LogP contribution is 2.37. The zero-order valence-electron chi connectivity index (χ0n) is 9.72. The molecule has 0 atom stereocenters. The van der Waals surface area contributed by atoms with Gasteiger partial charge < -0.3 is 9.84 Å². The third kappa shape index (κ3) is 1.84. The van der Waals surface area contributed by atoms with Crippen molar-refractivity contribution < 1.29 is 14.6 Å². The van der Waals surface area contributed by atoms with E-state index >= 15 is 0 Å². The summed E-state index contributed by atoms with van der Waals surface area (Å²) in [5.74, 6) is -0.0568. The van der Waals surface area contributed by atoms with Crippen LogP contribution in [0.25, 0.3) is 11.1 Å². The van der Waals surface area contributed by atoms with Gasteiger partial charge in [0.25, 0.3) is 0 Å². The number of aliphatic carboxylic acids is 1. The Morgan fingerprint density at radius 1 is 1.17 bits per heavy atom. The number of carboxylic acids is 1. The minimum atomic E-state index is -0.828. The van der Waals surface area contributed by atoms with Crippen molar-refractivity contribution in [1.29, 1.82) is 0 Å². The van der Waals surface area contributed by atoms with Gasteiger partial charge >= 0.3 is 5.97 Å². The third-order valence-electron chi connectivity index (χ3n) is 3.09. The first-order valence-corrected chi connectivity index (χ1v) is 5.80. The molecule has 0 bridgehead atoms. The van der Waals surface area contributed by atoms with Crippen molar-refractivity contribution in [1.82, 2.24) is 0 Å². The third-order valence-corrected chi connectivity index (χ3v) is 3.09. The van der Waals surface area contributed by atoms with Gasteiger partial charge in [0.05, 0.1) is 6.42 Å². The molecule has 0 unspecified atom stereocenters. The van der Waals surface area contributed by atoms with Gasteiger partial charge in [0, 0.05) is 5.56 Å². The smallest absolute Gasteiger partial charge is 0.307 e. The Balaban J connectivity index is 2.05. The fourth-order valence-electron chi connectivity index (χ4n) is 2.26. The van der Waals surface area contributed by atoms with Crippen LogP contribution in [0.5, 0.6) is 5.75 Å². The maximum absolute atomic E-state index is 10.7. The van der Waals surface area contributed by atoms with E-state index in [0.717, 1.165) is 22.4 Å². The fourth-order valence-corrected chi connectivity index (χ4v) is 2.26. The van der Waals surface area contributed by atoms with E-state index in [1.807, 2.05) is 36.4 Å². The summed E-state index contributed by atoms with van der Waals surface area (Å²) in [6, 6.07) is 13.7. The molecule has 3 nitrogen and oxygen atoms in total. The molecule has 90 valence electrons. The molecule has 3 heteroatoms. The Morgan fingerprint density at radius 3 is 2.83 bits per heavy atom. The van der Waals surface area contributed by atoms with E-state index in [0.29, 0.717) is 6.61 Å². The molecule has 1 aliphatic heterocycles. The van der Waals surface area contributed by atoms with E-state index in [4.69, 9.17) is 9.84 Å². The molecule has 1 N–H and O–H groups in total. The molecule has 0 spiro atoms.